The zero-order valence-electron chi connectivity index (χ0n) is 12.6. The molecule has 24 heavy (non-hydrogen) atoms. The lowest BCUT2D eigenvalue weighted by Gasteiger charge is -2.29. The van der Waals surface area contributed by atoms with Crippen molar-refractivity contribution >= 4 is 23.5 Å². The van der Waals surface area contributed by atoms with Crippen LogP contribution in [0, 0.1) is 5.82 Å². The summed E-state index contributed by atoms with van der Waals surface area (Å²) in [5.41, 5.74) is -0.548. The molecule has 0 spiro atoms. The van der Waals surface area contributed by atoms with Crippen LogP contribution in [0.2, 0.25) is 5.02 Å². The van der Waals surface area contributed by atoms with Gasteiger partial charge in [0.05, 0.1) is 4.90 Å². The van der Waals surface area contributed by atoms with Crippen molar-refractivity contribution < 1.29 is 17.6 Å². The van der Waals surface area contributed by atoms with Crippen LogP contribution in [-0.4, -0.2) is 22.1 Å². The van der Waals surface area contributed by atoms with E-state index in [9.17, 15) is 22.4 Å². The molecule has 3 nitrogen and oxygen atoms in total. The van der Waals surface area contributed by atoms with Gasteiger partial charge in [0.15, 0.2) is 5.82 Å². The lowest BCUT2D eigenvalue weighted by molar-refractivity contribution is -0.169. The van der Waals surface area contributed by atoms with Crippen LogP contribution in [0.4, 0.5) is 17.6 Å². The first-order valence-electron chi connectivity index (χ1n) is 6.68. The summed E-state index contributed by atoms with van der Waals surface area (Å²) in [5.74, 6) is -0.772. The molecule has 1 aromatic heterocycles. The van der Waals surface area contributed by atoms with Crippen LogP contribution in [0.3, 0.4) is 0 Å². The second kappa shape index (κ2) is 7.16. The molecule has 0 saturated heterocycles. The van der Waals surface area contributed by atoms with Crippen LogP contribution in [0.15, 0.2) is 46.2 Å². The molecule has 0 aliphatic heterocycles. The number of hydrogen-bond donors (Lipinski definition) is 0. The summed E-state index contributed by atoms with van der Waals surface area (Å²) in [4.78, 5) is 11.4. The van der Waals surface area contributed by atoms with Crippen molar-refractivity contribution in [1.29, 1.82) is 0 Å². The van der Waals surface area contributed by atoms with Crippen molar-refractivity contribution in [2.75, 3.05) is 7.05 Å². The third kappa shape index (κ3) is 4.31. The van der Waals surface area contributed by atoms with Crippen LogP contribution < -0.4 is 5.56 Å². The molecule has 9 heteroatoms. The number of benzene rings is 1. The molecule has 0 radical (unpaired) electrons. The van der Waals surface area contributed by atoms with Gasteiger partial charge < -0.3 is 4.57 Å². The lowest BCUT2D eigenvalue weighted by Crippen LogP contribution is -2.32. The predicted molar refractivity (Wildman–Crippen MR) is 85.5 cm³/mol. The highest BCUT2D eigenvalue weighted by molar-refractivity contribution is 7.97. The van der Waals surface area contributed by atoms with Gasteiger partial charge in [0.25, 0.3) is 5.56 Å². The first kappa shape index (κ1) is 18.8. The number of halogens is 5. The second-order valence-electron chi connectivity index (χ2n) is 5.07. The molecule has 0 aliphatic carbocycles. The highest BCUT2D eigenvalue weighted by Gasteiger charge is 2.44. The van der Waals surface area contributed by atoms with Gasteiger partial charge in [-0.1, -0.05) is 23.7 Å². The topological polar surface area (TPSA) is 25.2 Å². The number of aryl methyl sites for hydroxylation is 1. The average Bonchev–Trinajstić information content (AvgIpc) is 2.45. The van der Waals surface area contributed by atoms with E-state index in [1.807, 2.05) is 0 Å². The number of rotatable bonds is 4. The standard InChI is InChI=1S/C15H13ClF4N2OS/c1-21-8-11(17)12(7-13(21)23)24-22(2)14(15(18,19)20)9-3-5-10(16)6-4-9/h3-8,14H,1-2H3/t14-/m1/s1. The fourth-order valence-corrected chi connectivity index (χ4v) is 3.18. The quantitative estimate of drug-likeness (QED) is 0.580. The summed E-state index contributed by atoms with van der Waals surface area (Å²) in [5, 5.41) is 0.313. The Balaban J connectivity index is 2.36. The predicted octanol–water partition coefficient (Wildman–Crippen LogP) is 4.42. The summed E-state index contributed by atoms with van der Waals surface area (Å²) < 4.78 is 56.1. The molecule has 0 N–H and O–H groups in total. The third-order valence-electron chi connectivity index (χ3n) is 3.25. The lowest BCUT2D eigenvalue weighted by atomic mass is 10.1. The number of nitrogens with zero attached hydrogens (tertiary/aromatic N) is 2. The Bertz CT molecular complexity index is 777. The summed E-state index contributed by atoms with van der Waals surface area (Å²) >= 11 is 6.23. The van der Waals surface area contributed by atoms with E-state index >= 15 is 0 Å². The third-order valence-corrected chi connectivity index (χ3v) is 4.51. The molecule has 1 aromatic carbocycles. The normalized spacial score (nSPS) is 13.3. The Morgan fingerprint density at radius 2 is 1.83 bits per heavy atom. The zero-order chi connectivity index (χ0) is 18.1. The molecular formula is C15H13ClF4N2OS. The van der Waals surface area contributed by atoms with Crippen LogP contribution in [0.5, 0.6) is 0 Å². The molecule has 1 heterocycles. The molecule has 0 amide bonds. The minimum atomic E-state index is -4.59. The molecule has 0 fully saturated rings. The Morgan fingerprint density at radius 3 is 2.38 bits per heavy atom. The van der Waals surface area contributed by atoms with Crippen molar-refractivity contribution in [2.45, 2.75) is 17.1 Å². The molecule has 2 rings (SSSR count). The smallest absolute Gasteiger partial charge is 0.316 e. The van der Waals surface area contributed by atoms with Gasteiger partial charge in [-0.25, -0.2) is 8.70 Å². The molecule has 0 aliphatic rings. The Morgan fingerprint density at radius 1 is 1.25 bits per heavy atom. The van der Waals surface area contributed by atoms with E-state index in [2.05, 4.69) is 0 Å². The van der Waals surface area contributed by atoms with E-state index < -0.39 is 23.6 Å². The monoisotopic (exact) mass is 380 g/mol. The summed E-state index contributed by atoms with van der Waals surface area (Å²) in [6.45, 7) is 0. The summed E-state index contributed by atoms with van der Waals surface area (Å²) in [7, 11) is 2.55. The molecular weight excluding hydrogens is 368 g/mol. The van der Waals surface area contributed by atoms with Gasteiger partial charge in [-0.2, -0.15) is 13.2 Å². The molecule has 0 bridgehead atoms. The molecule has 130 valence electrons. The molecule has 0 unspecified atom stereocenters. The minimum absolute atomic E-state index is 0.0360. The molecule has 2 aromatic rings. The number of alkyl halides is 3. The first-order valence-corrected chi connectivity index (χ1v) is 7.84. The first-order chi connectivity index (χ1) is 11.1. The van der Waals surface area contributed by atoms with Gasteiger partial charge in [0.1, 0.15) is 6.04 Å². The van der Waals surface area contributed by atoms with Crippen molar-refractivity contribution in [1.82, 2.24) is 8.87 Å². The number of pyridine rings is 1. The van der Waals surface area contributed by atoms with E-state index in [-0.39, 0.29) is 10.5 Å². The van der Waals surface area contributed by atoms with E-state index in [1.165, 1.54) is 38.4 Å². The maximum absolute atomic E-state index is 13.9. The van der Waals surface area contributed by atoms with Gasteiger partial charge in [-0.05, 0) is 36.7 Å². The van der Waals surface area contributed by atoms with Gasteiger partial charge in [0, 0.05) is 24.3 Å². The van der Waals surface area contributed by atoms with Gasteiger partial charge in [-0.3, -0.25) is 4.79 Å². The number of hydrogen-bond acceptors (Lipinski definition) is 3. The zero-order valence-corrected chi connectivity index (χ0v) is 14.2. The SMILES string of the molecule is CN(Sc1cc(=O)n(C)cc1F)[C@H](c1ccc(Cl)cc1)C(F)(F)F. The average molecular weight is 381 g/mol. The van der Waals surface area contributed by atoms with E-state index in [1.54, 1.807) is 0 Å². The highest BCUT2D eigenvalue weighted by atomic mass is 35.5. The molecule has 0 saturated carbocycles. The summed E-state index contributed by atoms with van der Waals surface area (Å²) in [6.07, 6.45) is -3.66. The Kier molecular flexibility index (Phi) is 5.62. The van der Waals surface area contributed by atoms with Gasteiger partial charge in [-0.15, -0.1) is 0 Å². The fourth-order valence-electron chi connectivity index (χ4n) is 2.11. The maximum Gasteiger partial charge on any atom is 0.408 e. The van der Waals surface area contributed by atoms with Crippen molar-refractivity contribution in [3.8, 4) is 0 Å². The van der Waals surface area contributed by atoms with Crippen LogP contribution in [0.25, 0.3) is 0 Å². The van der Waals surface area contributed by atoms with E-state index in [4.69, 9.17) is 11.6 Å². The minimum Gasteiger partial charge on any atom is -0.316 e. The molecule has 1 atom stereocenters. The maximum atomic E-state index is 13.9. The van der Waals surface area contributed by atoms with Crippen LogP contribution >= 0.6 is 23.5 Å². The van der Waals surface area contributed by atoms with E-state index in [0.717, 1.165) is 21.1 Å². The second-order valence-corrected chi connectivity index (χ2v) is 6.70. The van der Waals surface area contributed by atoms with Crippen LogP contribution in [0.1, 0.15) is 11.6 Å². The van der Waals surface area contributed by atoms with Gasteiger partial charge >= 0.3 is 6.18 Å². The summed E-state index contributed by atoms with van der Waals surface area (Å²) in [6, 6.07) is 4.21. The largest absolute Gasteiger partial charge is 0.408 e. The number of aromatic nitrogens is 1. The van der Waals surface area contributed by atoms with Crippen molar-refractivity contribution in [3.63, 3.8) is 0 Å². The fraction of sp³-hybridized carbons (Fsp3) is 0.267. The highest BCUT2D eigenvalue weighted by Crippen LogP contribution is 2.42. The van der Waals surface area contributed by atoms with Crippen molar-refractivity contribution in [3.05, 3.63) is 63.3 Å². The van der Waals surface area contributed by atoms with Crippen molar-refractivity contribution in [2.24, 2.45) is 7.05 Å². The Hall–Kier alpha value is -1.51. The van der Waals surface area contributed by atoms with Gasteiger partial charge in [0.2, 0.25) is 0 Å². The Labute approximate surface area is 145 Å². The van der Waals surface area contributed by atoms with E-state index in [0.29, 0.717) is 17.0 Å². The van der Waals surface area contributed by atoms with Crippen LogP contribution in [-0.2, 0) is 7.05 Å².